The SMILES string of the molecule is CC(C)(C(=O)O)c1cc(-c2cnc(N)c(-c3cc(-c4ccccc4)no3)n2)ccn1. The van der Waals surface area contributed by atoms with Crippen LogP contribution in [0.4, 0.5) is 5.82 Å². The van der Waals surface area contributed by atoms with E-state index in [1.807, 2.05) is 30.3 Å². The van der Waals surface area contributed by atoms with Crippen LogP contribution in [0.3, 0.4) is 0 Å². The lowest BCUT2D eigenvalue weighted by Crippen LogP contribution is -2.29. The first-order valence-corrected chi connectivity index (χ1v) is 9.21. The first-order chi connectivity index (χ1) is 14.4. The van der Waals surface area contributed by atoms with Crippen LogP contribution in [0.2, 0.25) is 0 Å². The van der Waals surface area contributed by atoms with E-state index >= 15 is 0 Å². The van der Waals surface area contributed by atoms with Crippen molar-refractivity contribution in [1.82, 2.24) is 20.1 Å². The van der Waals surface area contributed by atoms with E-state index in [9.17, 15) is 9.90 Å². The molecule has 4 rings (SSSR count). The molecule has 1 aromatic carbocycles. The number of carboxylic acids is 1. The van der Waals surface area contributed by atoms with Crippen molar-refractivity contribution >= 4 is 11.8 Å². The number of pyridine rings is 1. The maximum absolute atomic E-state index is 11.6. The molecule has 150 valence electrons. The predicted octanol–water partition coefficient (Wildman–Crippen LogP) is 3.81. The van der Waals surface area contributed by atoms with Gasteiger partial charge in [-0.15, -0.1) is 0 Å². The number of carboxylic acid groups (broad SMARTS) is 1. The minimum absolute atomic E-state index is 0.203. The van der Waals surface area contributed by atoms with E-state index in [2.05, 4.69) is 20.1 Å². The number of hydrogen-bond acceptors (Lipinski definition) is 7. The van der Waals surface area contributed by atoms with E-state index in [1.54, 1.807) is 38.2 Å². The number of rotatable bonds is 5. The molecule has 0 bridgehead atoms. The van der Waals surface area contributed by atoms with Crippen LogP contribution in [-0.4, -0.2) is 31.2 Å². The summed E-state index contributed by atoms with van der Waals surface area (Å²) in [5, 5.41) is 13.6. The second-order valence-corrected chi connectivity index (χ2v) is 7.29. The third kappa shape index (κ3) is 3.50. The lowest BCUT2D eigenvalue weighted by molar-refractivity contribution is -0.142. The Morgan fingerprint density at radius 2 is 1.80 bits per heavy atom. The predicted molar refractivity (Wildman–Crippen MR) is 111 cm³/mol. The van der Waals surface area contributed by atoms with Crippen LogP contribution in [0, 0.1) is 0 Å². The average Bonchev–Trinajstić information content (AvgIpc) is 3.25. The molecule has 0 aliphatic heterocycles. The molecule has 3 aromatic heterocycles. The molecule has 4 aromatic rings. The summed E-state index contributed by atoms with van der Waals surface area (Å²) in [6.07, 6.45) is 3.08. The molecule has 0 aliphatic rings. The molecule has 0 saturated carbocycles. The van der Waals surface area contributed by atoms with Gasteiger partial charge in [0.2, 0.25) is 0 Å². The topological polar surface area (TPSA) is 128 Å². The Kier molecular flexibility index (Phi) is 4.75. The van der Waals surface area contributed by atoms with Crippen molar-refractivity contribution in [2.45, 2.75) is 19.3 Å². The number of hydrogen-bond donors (Lipinski definition) is 2. The first kappa shape index (κ1) is 19.3. The first-order valence-electron chi connectivity index (χ1n) is 9.21. The van der Waals surface area contributed by atoms with Crippen molar-refractivity contribution < 1.29 is 14.4 Å². The van der Waals surface area contributed by atoms with Crippen molar-refractivity contribution in [3.8, 4) is 34.0 Å². The molecule has 30 heavy (non-hydrogen) atoms. The second-order valence-electron chi connectivity index (χ2n) is 7.29. The molecule has 8 heteroatoms. The van der Waals surface area contributed by atoms with Crippen LogP contribution in [0.15, 0.2) is 65.4 Å². The fraction of sp³-hybridized carbons (Fsp3) is 0.136. The number of anilines is 1. The normalized spacial score (nSPS) is 11.4. The minimum Gasteiger partial charge on any atom is -0.481 e. The fourth-order valence-corrected chi connectivity index (χ4v) is 2.89. The highest BCUT2D eigenvalue weighted by atomic mass is 16.5. The van der Waals surface area contributed by atoms with Crippen LogP contribution in [0.25, 0.3) is 34.0 Å². The summed E-state index contributed by atoms with van der Waals surface area (Å²) in [7, 11) is 0. The lowest BCUT2D eigenvalue weighted by Gasteiger charge is -2.18. The zero-order valence-corrected chi connectivity index (χ0v) is 16.4. The Morgan fingerprint density at radius 3 is 2.53 bits per heavy atom. The Hall–Kier alpha value is -4.07. The highest BCUT2D eigenvalue weighted by molar-refractivity contribution is 5.80. The van der Waals surface area contributed by atoms with E-state index in [0.29, 0.717) is 34.1 Å². The number of aliphatic carboxylic acids is 1. The van der Waals surface area contributed by atoms with Gasteiger partial charge in [-0.05, 0) is 26.0 Å². The molecule has 0 atom stereocenters. The van der Waals surface area contributed by atoms with Gasteiger partial charge in [0.25, 0.3) is 0 Å². The summed E-state index contributed by atoms with van der Waals surface area (Å²) in [6.45, 7) is 3.20. The lowest BCUT2D eigenvalue weighted by atomic mass is 9.88. The van der Waals surface area contributed by atoms with Crippen molar-refractivity contribution in [1.29, 1.82) is 0 Å². The molecular weight excluding hydrogens is 382 g/mol. The van der Waals surface area contributed by atoms with Crippen LogP contribution in [0.1, 0.15) is 19.5 Å². The van der Waals surface area contributed by atoms with Gasteiger partial charge in [0, 0.05) is 23.4 Å². The number of nitrogens with zero attached hydrogens (tertiary/aromatic N) is 4. The van der Waals surface area contributed by atoms with Crippen molar-refractivity contribution in [2.75, 3.05) is 5.73 Å². The van der Waals surface area contributed by atoms with Gasteiger partial charge in [0.1, 0.15) is 11.1 Å². The molecule has 0 fully saturated rings. The second kappa shape index (κ2) is 7.40. The molecule has 0 unspecified atom stereocenters. The number of aromatic nitrogens is 4. The Bertz CT molecular complexity index is 1220. The maximum atomic E-state index is 11.6. The van der Waals surface area contributed by atoms with Gasteiger partial charge >= 0.3 is 5.97 Å². The molecule has 3 heterocycles. The summed E-state index contributed by atoms with van der Waals surface area (Å²) in [4.78, 5) is 24.6. The van der Waals surface area contributed by atoms with Gasteiger partial charge in [-0.1, -0.05) is 35.5 Å². The van der Waals surface area contributed by atoms with Gasteiger partial charge in [0.15, 0.2) is 17.3 Å². The standard InChI is InChI=1S/C22H19N5O3/c1-22(2,21(28)29)18-10-14(8-9-24-18)16-12-25-20(23)19(26-16)17-11-15(27-30-17)13-6-4-3-5-7-13/h3-12H,1-2H3,(H2,23,25)(H,28,29). The smallest absolute Gasteiger partial charge is 0.315 e. The maximum Gasteiger partial charge on any atom is 0.315 e. The van der Waals surface area contributed by atoms with E-state index in [4.69, 9.17) is 10.3 Å². The van der Waals surface area contributed by atoms with Crippen LogP contribution >= 0.6 is 0 Å². The van der Waals surface area contributed by atoms with Crippen molar-refractivity contribution in [3.63, 3.8) is 0 Å². The molecule has 3 N–H and O–H groups in total. The zero-order valence-electron chi connectivity index (χ0n) is 16.4. The number of nitrogens with two attached hydrogens (primary N) is 1. The Labute approximate surface area is 172 Å². The summed E-state index contributed by atoms with van der Waals surface area (Å²) < 4.78 is 5.46. The molecular formula is C22H19N5O3. The Morgan fingerprint density at radius 1 is 1.03 bits per heavy atom. The van der Waals surface area contributed by atoms with Crippen LogP contribution < -0.4 is 5.73 Å². The molecule has 8 nitrogen and oxygen atoms in total. The van der Waals surface area contributed by atoms with Gasteiger partial charge < -0.3 is 15.4 Å². The highest BCUT2D eigenvalue weighted by Crippen LogP contribution is 2.30. The number of nitrogen functional groups attached to an aromatic ring is 1. The van der Waals surface area contributed by atoms with E-state index < -0.39 is 11.4 Å². The molecule has 0 aliphatic carbocycles. The van der Waals surface area contributed by atoms with Crippen molar-refractivity contribution in [3.05, 3.63) is 66.6 Å². The van der Waals surface area contributed by atoms with Crippen LogP contribution in [-0.2, 0) is 10.2 Å². The summed E-state index contributed by atoms with van der Waals surface area (Å²) in [5.41, 5.74) is 8.42. The van der Waals surface area contributed by atoms with Crippen molar-refractivity contribution in [2.24, 2.45) is 0 Å². The zero-order chi connectivity index (χ0) is 21.3. The van der Waals surface area contributed by atoms with E-state index in [-0.39, 0.29) is 5.82 Å². The largest absolute Gasteiger partial charge is 0.481 e. The van der Waals surface area contributed by atoms with Gasteiger partial charge in [-0.2, -0.15) is 0 Å². The molecule has 0 saturated heterocycles. The fourth-order valence-electron chi connectivity index (χ4n) is 2.89. The minimum atomic E-state index is -1.14. The van der Waals surface area contributed by atoms with E-state index in [1.165, 1.54) is 6.20 Å². The third-order valence-electron chi connectivity index (χ3n) is 4.84. The summed E-state index contributed by atoms with van der Waals surface area (Å²) in [5.74, 6) is -0.373. The van der Waals surface area contributed by atoms with Gasteiger partial charge in [-0.3, -0.25) is 9.78 Å². The highest BCUT2D eigenvalue weighted by Gasteiger charge is 2.31. The number of carbonyl (C=O) groups is 1. The average molecular weight is 401 g/mol. The molecule has 0 amide bonds. The van der Waals surface area contributed by atoms with E-state index in [0.717, 1.165) is 5.56 Å². The summed E-state index contributed by atoms with van der Waals surface area (Å²) >= 11 is 0. The molecule has 0 radical (unpaired) electrons. The van der Waals surface area contributed by atoms with Crippen LogP contribution in [0.5, 0.6) is 0 Å². The third-order valence-corrected chi connectivity index (χ3v) is 4.84. The summed E-state index contributed by atoms with van der Waals surface area (Å²) in [6, 6.07) is 14.8. The van der Waals surface area contributed by atoms with Gasteiger partial charge in [-0.25, -0.2) is 9.97 Å². The monoisotopic (exact) mass is 401 g/mol. The Balaban J connectivity index is 1.74. The molecule has 0 spiro atoms. The number of benzene rings is 1. The quantitative estimate of drug-likeness (QED) is 0.517. The van der Waals surface area contributed by atoms with Gasteiger partial charge in [0.05, 0.1) is 17.6 Å².